The Morgan fingerprint density at radius 2 is 1.55 bits per heavy atom. The number of aryl methyl sites for hydroxylation is 1. The maximum Gasteiger partial charge on any atom is 0.261 e. The van der Waals surface area contributed by atoms with E-state index in [0.717, 1.165) is 11.1 Å². The molecular formula is C22H22N2O4S. The van der Waals surface area contributed by atoms with E-state index in [1.165, 1.54) is 24.3 Å². The molecule has 7 heteroatoms. The van der Waals surface area contributed by atoms with Crippen LogP contribution in [-0.2, 0) is 21.4 Å². The lowest BCUT2D eigenvalue weighted by Gasteiger charge is -2.10. The molecule has 0 aliphatic heterocycles. The lowest BCUT2D eigenvalue weighted by atomic mass is 10.2. The summed E-state index contributed by atoms with van der Waals surface area (Å²) >= 11 is 0. The predicted molar refractivity (Wildman–Crippen MR) is 112 cm³/mol. The Labute approximate surface area is 170 Å². The van der Waals surface area contributed by atoms with Crippen molar-refractivity contribution in [1.82, 2.24) is 5.32 Å². The van der Waals surface area contributed by atoms with Crippen molar-refractivity contribution in [2.75, 3.05) is 11.3 Å². The molecule has 0 saturated carbocycles. The van der Waals surface area contributed by atoms with Crippen LogP contribution in [0.3, 0.4) is 0 Å². The summed E-state index contributed by atoms with van der Waals surface area (Å²) in [5.41, 5.74) is 2.53. The van der Waals surface area contributed by atoms with E-state index in [1.807, 2.05) is 49.4 Å². The molecule has 0 aliphatic carbocycles. The molecule has 0 heterocycles. The molecule has 0 bridgehead atoms. The molecular weight excluding hydrogens is 388 g/mol. The summed E-state index contributed by atoms with van der Waals surface area (Å²) < 4.78 is 32.9. The third-order valence-electron chi connectivity index (χ3n) is 4.14. The molecule has 0 aliphatic rings. The summed E-state index contributed by atoms with van der Waals surface area (Å²) in [6, 6.07) is 22.6. The zero-order valence-electron chi connectivity index (χ0n) is 16.0. The van der Waals surface area contributed by atoms with E-state index in [-0.39, 0.29) is 17.4 Å². The van der Waals surface area contributed by atoms with Gasteiger partial charge in [0, 0.05) is 12.2 Å². The SMILES string of the molecule is Cc1ccc(NS(=O)(=O)c2ccc(OCC(=O)NCc3ccccc3)cc2)cc1. The first-order chi connectivity index (χ1) is 13.9. The van der Waals surface area contributed by atoms with Crippen molar-refractivity contribution in [3.05, 3.63) is 90.0 Å². The van der Waals surface area contributed by atoms with Gasteiger partial charge in [-0.15, -0.1) is 0 Å². The molecule has 1 amide bonds. The number of anilines is 1. The molecule has 3 aromatic carbocycles. The molecule has 0 aromatic heterocycles. The normalized spacial score (nSPS) is 10.9. The number of rotatable bonds is 8. The standard InChI is InChI=1S/C22H22N2O4S/c1-17-7-9-19(10-8-17)24-29(26,27)21-13-11-20(12-14-21)28-16-22(25)23-15-18-5-3-2-4-6-18/h2-14,24H,15-16H2,1H3,(H,23,25). The molecule has 0 saturated heterocycles. The van der Waals surface area contributed by atoms with Gasteiger partial charge in [0.15, 0.2) is 6.61 Å². The largest absolute Gasteiger partial charge is 0.484 e. The number of sulfonamides is 1. The molecule has 3 aromatic rings. The molecule has 150 valence electrons. The number of nitrogens with one attached hydrogen (secondary N) is 2. The summed E-state index contributed by atoms with van der Waals surface area (Å²) in [4.78, 5) is 12.0. The zero-order chi connectivity index (χ0) is 20.7. The first kappa shape index (κ1) is 20.4. The fraction of sp³-hybridized carbons (Fsp3) is 0.136. The highest BCUT2D eigenvalue weighted by Gasteiger charge is 2.14. The molecule has 0 unspecified atom stereocenters. The van der Waals surface area contributed by atoms with Crippen LogP contribution in [0.15, 0.2) is 83.8 Å². The van der Waals surface area contributed by atoms with E-state index in [9.17, 15) is 13.2 Å². The lowest BCUT2D eigenvalue weighted by molar-refractivity contribution is -0.123. The van der Waals surface area contributed by atoms with Crippen molar-refractivity contribution in [2.24, 2.45) is 0 Å². The molecule has 2 N–H and O–H groups in total. The van der Waals surface area contributed by atoms with E-state index >= 15 is 0 Å². The maximum absolute atomic E-state index is 12.5. The monoisotopic (exact) mass is 410 g/mol. The average molecular weight is 410 g/mol. The van der Waals surface area contributed by atoms with Gasteiger partial charge in [0.2, 0.25) is 0 Å². The van der Waals surface area contributed by atoms with Crippen molar-refractivity contribution in [3.63, 3.8) is 0 Å². The van der Waals surface area contributed by atoms with Crippen LogP contribution in [0.5, 0.6) is 5.75 Å². The molecule has 6 nitrogen and oxygen atoms in total. The van der Waals surface area contributed by atoms with Gasteiger partial charge < -0.3 is 10.1 Å². The smallest absolute Gasteiger partial charge is 0.261 e. The highest BCUT2D eigenvalue weighted by atomic mass is 32.2. The molecule has 29 heavy (non-hydrogen) atoms. The first-order valence-corrected chi connectivity index (χ1v) is 10.5. The molecule has 0 spiro atoms. The van der Waals surface area contributed by atoms with Crippen LogP contribution < -0.4 is 14.8 Å². The number of ether oxygens (including phenoxy) is 1. The van der Waals surface area contributed by atoms with E-state index in [0.29, 0.717) is 18.0 Å². The Hall–Kier alpha value is -3.32. The Kier molecular flexibility index (Phi) is 6.51. The fourth-order valence-electron chi connectivity index (χ4n) is 2.55. The minimum atomic E-state index is -3.70. The van der Waals surface area contributed by atoms with E-state index < -0.39 is 10.0 Å². The van der Waals surface area contributed by atoms with E-state index in [4.69, 9.17) is 4.74 Å². The highest BCUT2D eigenvalue weighted by molar-refractivity contribution is 7.92. The number of benzene rings is 3. The van der Waals surface area contributed by atoms with Crippen LogP contribution in [0.2, 0.25) is 0 Å². The van der Waals surface area contributed by atoms with Crippen LogP contribution in [0.4, 0.5) is 5.69 Å². The second-order valence-corrected chi connectivity index (χ2v) is 8.18. The third-order valence-corrected chi connectivity index (χ3v) is 5.54. The van der Waals surface area contributed by atoms with Gasteiger partial charge in [-0.3, -0.25) is 9.52 Å². The third kappa shape index (κ3) is 6.08. The summed E-state index contributed by atoms with van der Waals surface area (Å²) in [5.74, 6) is 0.153. The van der Waals surface area contributed by atoms with Crippen molar-refractivity contribution >= 4 is 21.6 Å². The van der Waals surface area contributed by atoms with Gasteiger partial charge in [-0.1, -0.05) is 48.0 Å². The van der Waals surface area contributed by atoms with Gasteiger partial charge >= 0.3 is 0 Å². The Balaban J connectivity index is 1.52. The minimum Gasteiger partial charge on any atom is -0.484 e. The quantitative estimate of drug-likeness (QED) is 0.595. The first-order valence-electron chi connectivity index (χ1n) is 9.05. The molecule has 0 radical (unpaired) electrons. The Bertz CT molecular complexity index is 1050. The number of carbonyl (C=O) groups excluding carboxylic acids is 1. The fourth-order valence-corrected chi connectivity index (χ4v) is 3.61. The maximum atomic E-state index is 12.5. The van der Waals surface area contributed by atoms with Gasteiger partial charge in [-0.2, -0.15) is 0 Å². The van der Waals surface area contributed by atoms with Gasteiger partial charge in [0.05, 0.1) is 4.90 Å². The second-order valence-electron chi connectivity index (χ2n) is 6.49. The van der Waals surface area contributed by atoms with Crippen molar-refractivity contribution in [2.45, 2.75) is 18.4 Å². The summed E-state index contributed by atoms with van der Waals surface area (Å²) in [6.45, 7) is 2.20. The number of hydrogen-bond acceptors (Lipinski definition) is 4. The zero-order valence-corrected chi connectivity index (χ0v) is 16.8. The lowest BCUT2D eigenvalue weighted by Crippen LogP contribution is -2.28. The van der Waals surface area contributed by atoms with Crippen molar-refractivity contribution in [3.8, 4) is 5.75 Å². The number of amides is 1. The number of hydrogen-bond donors (Lipinski definition) is 2. The van der Waals surface area contributed by atoms with Crippen LogP contribution in [0.1, 0.15) is 11.1 Å². The summed E-state index contributed by atoms with van der Waals surface area (Å²) in [6.07, 6.45) is 0. The highest BCUT2D eigenvalue weighted by Crippen LogP contribution is 2.19. The molecule has 3 rings (SSSR count). The van der Waals surface area contributed by atoms with Crippen molar-refractivity contribution < 1.29 is 17.9 Å². The Morgan fingerprint density at radius 3 is 2.21 bits per heavy atom. The minimum absolute atomic E-state index is 0.110. The van der Waals surface area contributed by atoms with E-state index in [2.05, 4.69) is 10.0 Å². The van der Waals surface area contributed by atoms with Crippen LogP contribution in [-0.4, -0.2) is 20.9 Å². The van der Waals surface area contributed by atoms with E-state index in [1.54, 1.807) is 12.1 Å². The summed E-state index contributed by atoms with van der Waals surface area (Å²) in [5, 5.41) is 2.77. The van der Waals surface area contributed by atoms with Crippen molar-refractivity contribution in [1.29, 1.82) is 0 Å². The van der Waals surface area contributed by atoms with Gasteiger partial charge in [-0.25, -0.2) is 8.42 Å². The van der Waals surface area contributed by atoms with Crippen LogP contribution >= 0.6 is 0 Å². The average Bonchev–Trinajstić information content (AvgIpc) is 2.73. The van der Waals surface area contributed by atoms with Gasteiger partial charge in [0.1, 0.15) is 5.75 Å². The second kappa shape index (κ2) is 9.25. The molecule has 0 fully saturated rings. The van der Waals surface area contributed by atoms with Gasteiger partial charge in [0.25, 0.3) is 15.9 Å². The number of carbonyl (C=O) groups is 1. The Morgan fingerprint density at radius 1 is 0.897 bits per heavy atom. The molecule has 0 atom stereocenters. The van der Waals surface area contributed by atoms with Gasteiger partial charge in [-0.05, 0) is 48.9 Å². The van der Waals surface area contributed by atoms with Crippen LogP contribution in [0, 0.1) is 6.92 Å². The predicted octanol–water partition coefficient (Wildman–Crippen LogP) is 3.49. The van der Waals surface area contributed by atoms with Crippen LogP contribution in [0.25, 0.3) is 0 Å². The topological polar surface area (TPSA) is 84.5 Å². The summed E-state index contributed by atoms with van der Waals surface area (Å²) in [7, 11) is -3.70.